The highest BCUT2D eigenvalue weighted by Crippen LogP contribution is 2.18. The van der Waals surface area contributed by atoms with Crippen molar-refractivity contribution in [3.05, 3.63) is 42.2 Å². The maximum absolute atomic E-state index is 5.67. The number of ether oxygens (including phenoxy) is 1. The van der Waals surface area contributed by atoms with Gasteiger partial charge in [0.05, 0.1) is 6.10 Å². The molecule has 0 unspecified atom stereocenters. The molecule has 0 aromatic carbocycles. The molecule has 0 saturated carbocycles. The number of nitrogens with one attached hydrogen (secondary N) is 1. The van der Waals surface area contributed by atoms with Crippen molar-refractivity contribution in [2.24, 2.45) is 0 Å². The molecule has 0 amide bonds. The average Bonchev–Trinajstić information content (AvgIpc) is 2.37. The monoisotopic (exact) mass is 258 g/mol. The molecule has 3 N–H and O–H groups in total. The zero-order valence-corrected chi connectivity index (χ0v) is 11.1. The van der Waals surface area contributed by atoms with E-state index in [9.17, 15) is 0 Å². The number of rotatable bonds is 5. The lowest BCUT2D eigenvalue weighted by atomic mass is 10.2. The minimum absolute atomic E-state index is 0.102. The summed E-state index contributed by atoms with van der Waals surface area (Å²) in [4.78, 5) is 8.20. The Kier molecular flexibility index (Phi) is 4.18. The minimum Gasteiger partial charge on any atom is -0.475 e. The number of pyridine rings is 2. The Bertz CT molecular complexity index is 542. The Hall–Kier alpha value is -2.30. The lowest BCUT2D eigenvalue weighted by Crippen LogP contribution is -2.10. The van der Waals surface area contributed by atoms with Crippen LogP contribution in [-0.2, 0) is 6.54 Å². The summed E-state index contributed by atoms with van der Waals surface area (Å²) in [5.74, 6) is 1.15. The summed E-state index contributed by atoms with van der Waals surface area (Å²) < 4.78 is 5.67. The number of hydrogen-bond acceptors (Lipinski definition) is 5. The second-order valence-electron chi connectivity index (χ2n) is 4.46. The second kappa shape index (κ2) is 6.04. The van der Waals surface area contributed by atoms with Crippen LogP contribution >= 0.6 is 0 Å². The SMILES string of the molecule is CC(C)Oc1ncccc1CNc1ccnc(N)c1. The van der Waals surface area contributed by atoms with Gasteiger partial charge in [-0.15, -0.1) is 0 Å². The van der Waals surface area contributed by atoms with Gasteiger partial charge in [0.2, 0.25) is 5.88 Å². The lowest BCUT2D eigenvalue weighted by molar-refractivity contribution is 0.230. The first kappa shape index (κ1) is 13.1. The van der Waals surface area contributed by atoms with Gasteiger partial charge in [0.1, 0.15) is 5.82 Å². The maximum Gasteiger partial charge on any atom is 0.218 e. The van der Waals surface area contributed by atoms with Crippen molar-refractivity contribution in [3.8, 4) is 5.88 Å². The van der Waals surface area contributed by atoms with E-state index >= 15 is 0 Å². The van der Waals surface area contributed by atoms with Crippen LogP contribution in [-0.4, -0.2) is 16.1 Å². The highest BCUT2D eigenvalue weighted by molar-refractivity contribution is 5.50. The van der Waals surface area contributed by atoms with Gasteiger partial charge in [0.15, 0.2) is 0 Å². The highest BCUT2D eigenvalue weighted by atomic mass is 16.5. The molecular formula is C14H18N4O. The van der Waals surface area contributed by atoms with E-state index < -0.39 is 0 Å². The molecule has 2 aromatic rings. The summed E-state index contributed by atoms with van der Waals surface area (Å²) in [5, 5.41) is 3.28. The van der Waals surface area contributed by atoms with Crippen molar-refractivity contribution in [1.29, 1.82) is 0 Å². The van der Waals surface area contributed by atoms with Gasteiger partial charge in [-0.05, 0) is 26.0 Å². The summed E-state index contributed by atoms with van der Waals surface area (Å²) in [6.45, 7) is 4.59. The number of anilines is 2. The number of hydrogen-bond donors (Lipinski definition) is 2. The van der Waals surface area contributed by atoms with E-state index in [0.29, 0.717) is 18.2 Å². The van der Waals surface area contributed by atoms with Gasteiger partial charge in [-0.25, -0.2) is 9.97 Å². The molecule has 0 aliphatic heterocycles. The Morgan fingerprint density at radius 1 is 1.26 bits per heavy atom. The molecule has 0 spiro atoms. The summed E-state index contributed by atoms with van der Waals surface area (Å²) in [6, 6.07) is 7.54. The molecule has 0 aliphatic rings. The first-order valence-electron chi connectivity index (χ1n) is 6.21. The van der Waals surface area contributed by atoms with Crippen molar-refractivity contribution in [2.45, 2.75) is 26.5 Å². The van der Waals surface area contributed by atoms with E-state index in [4.69, 9.17) is 10.5 Å². The minimum atomic E-state index is 0.102. The van der Waals surface area contributed by atoms with Crippen LogP contribution in [0.1, 0.15) is 19.4 Å². The van der Waals surface area contributed by atoms with Crippen molar-refractivity contribution >= 4 is 11.5 Å². The molecule has 2 aromatic heterocycles. The fourth-order valence-corrected chi connectivity index (χ4v) is 1.64. The smallest absolute Gasteiger partial charge is 0.218 e. The molecule has 0 radical (unpaired) electrons. The van der Waals surface area contributed by atoms with Gasteiger partial charge in [-0.3, -0.25) is 0 Å². The molecule has 0 aliphatic carbocycles. The van der Waals surface area contributed by atoms with E-state index in [1.54, 1.807) is 18.5 Å². The molecule has 0 bridgehead atoms. The van der Waals surface area contributed by atoms with Gasteiger partial charge in [0.25, 0.3) is 0 Å². The summed E-state index contributed by atoms with van der Waals surface area (Å²) in [5.41, 5.74) is 7.56. The molecule has 0 atom stereocenters. The predicted molar refractivity (Wildman–Crippen MR) is 76.0 cm³/mol. The average molecular weight is 258 g/mol. The maximum atomic E-state index is 5.67. The summed E-state index contributed by atoms with van der Waals surface area (Å²) in [6.07, 6.45) is 3.50. The molecule has 0 fully saturated rings. The van der Waals surface area contributed by atoms with Crippen molar-refractivity contribution in [1.82, 2.24) is 9.97 Å². The standard InChI is InChI=1S/C14H18N4O/c1-10(2)19-14-11(4-3-6-17-14)9-18-12-5-7-16-13(15)8-12/h3-8,10H,9H2,1-2H3,(H3,15,16,18). The van der Waals surface area contributed by atoms with Crippen LogP contribution in [0.4, 0.5) is 11.5 Å². The Morgan fingerprint density at radius 3 is 2.84 bits per heavy atom. The van der Waals surface area contributed by atoms with Crippen LogP contribution in [0.15, 0.2) is 36.7 Å². The van der Waals surface area contributed by atoms with E-state index in [0.717, 1.165) is 11.3 Å². The van der Waals surface area contributed by atoms with Crippen molar-refractivity contribution in [3.63, 3.8) is 0 Å². The fraction of sp³-hybridized carbons (Fsp3) is 0.286. The Morgan fingerprint density at radius 2 is 2.11 bits per heavy atom. The van der Waals surface area contributed by atoms with Crippen LogP contribution in [0, 0.1) is 0 Å². The quantitative estimate of drug-likeness (QED) is 0.861. The topological polar surface area (TPSA) is 73.1 Å². The number of nitrogen functional groups attached to an aromatic ring is 1. The fourth-order valence-electron chi connectivity index (χ4n) is 1.64. The number of aromatic nitrogens is 2. The number of nitrogens with zero attached hydrogens (tertiary/aromatic N) is 2. The van der Waals surface area contributed by atoms with Crippen LogP contribution in [0.2, 0.25) is 0 Å². The van der Waals surface area contributed by atoms with Crippen LogP contribution in [0.5, 0.6) is 5.88 Å². The highest BCUT2D eigenvalue weighted by Gasteiger charge is 2.06. The van der Waals surface area contributed by atoms with Crippen molar-refractivity contribution in [2.75, 3.05) is 11.1 Å². The zero-order valence-electron chi connectivity index (χ0n) is 11.1. The molecular weight excluding hydrogens is 240 g/mol. The summed E-state index contributed by atoms with van der Waals surface area (Å²) >= 11 is 0. The van der Waals surface area contributed by atoms with Gasteiger partial charge < -0.3 is 15.8 Å². The first-order valence-corrected chi connectivity index (χ1v) is 6.21. The lowest BCUT2D eigenvalue weighted by Gasteiger charge is -2.13. The van der Waals surface area contributed by atoms with E-state index in [1.165, 1.54) is 0 Å². The van der Waals surface area contributed by atoms with Gasteiger partial charge in [0, 0.05) is 36.3 Å². The molecule has 5 nitrogen and oxygen atoms in total. The van der Waals surface area contributed by atoms with Crippen LogP contribution in [0.3, 0.4) is 0 Å². The second-order valence-corrected chi connectivity index (χ2v) is 4.46. The summed E-state index contributed by atoms with van der Waals surface area (Å²) in [7, 11) is 0. The molecule has 5 heteroatoms. The van der Waals surface area contributed by atoms with Gasteiger partial charge >= 0.3 is 0 Å². The third kappa shape index (κ3) is 3.84. The third-order valence-electron chi connectivity index (χ3n) is 2.46. The molecule has 2 heterocycles. The van der Waals surface area contributed by atoms with Gasteiger partial charge in [-0.1, -0.05) is 6.07 Å². The van der Waals surface area contributed by atoms with E-state index in [-0.39, 0.29) is 6.10 Å². The first-order chi connectivity index (χ1) is 9.15. The third-order valence-corrected chi connectivity index (χ3v) is 2.46. The van der Waals surface area contributed by atoms with E-state index in [2.05, 4.69) is 15.3 Å². The van der Waals surface area contributed by atoms with Crippen molar-refractivity contribution < 1.29 is 4.74 Å². The Balaban J connectivity index is 2.07. The zero-order chi connectivity index (χ0) is 13.7. The predicted octanol–water partition coefficient (Wildman–Crippen LogP) is 2.46. The van der Waals surface area contributed by atoms with Crippen LogP contribution in [0.25, 0.3) is 0 Å². The number of nitrogens with two attached hydrogens (primary N) is 1. The Labute approximate surface area is 112 Å². The van der Waals surface area contributed by atoms with Gasteiger partial charge in [-0.2, -0.15) is 0 Å². The normalized spacial score (nSPS) is 10.5. The van der Waals surface area contributed by atoms with E-state index in [1.807, 2.05) is 32.0 Å². The molecule has 19 heavy (non-hydrogen) atoms. The molecule has 0 saturated heterocycles. The molecule has 100 valence electrons. The largest absolute Gasteiger partial charge is 0.475 e. The molecule has 2 rings (SSSR count). The van der Waals surface area contributed by atoms with Crippen LogP contribution < -0.4 is 15.8 Å².